The maximum atomic E-state index is 13.6. The van der Waals surface area contributed by atoms with Crippen LogP contribution in [0.25, 0.3) is 0 Å². The van der Waals surface area contributed by atoms with Gasteiger partial charge in [0.1, 0.15) is 5.60 Å². The highest BCUT2D eigenvalue weighted by molar-refractivity contribution is 5.27. The Morgan fingerprint density at radius 3 is 2.88 bits per heavy atom. The molecule has 3 atom stereocenters. The van der Waals surface area contributed by atoms with Gasteiger partial charge in [-0.3, -0.25) is 4.57 Å². The van der Waals surface area contributed by atoms with Gasteiger partial charge in [0, 0.05) is 12.6 Å². The Morgan fingerprint density at radius 1 is 1.71 bits per heavy atom. The Labute approximate surface area is 94.3 Å². The molecule has 1 aliphatic rings. The molecule has 17 heavy (non-hydrogen) atoms. The Bertz CT molecular complexity index is 507. The summed E-state index contributed by atoms with van der Waals surface area (Å²) in [6, 6.07) is -1.04. The minimum absolute atomic E-state index is 0.185. The number of anilines is 1. The van der Waals surface area contributed by atoms with Crippen LogP contribution in [-0.2, 0) is 0 Å². The SMILES string of the molecule is Nc1nc(=O)n([C@@H]2C[C@](O)(CO)[C@@H]2F)cc1F. The van der Waals surface area contributed by atoms with Crippen molar-refractivity contribution in [2.24, 2.45) is 0 Å². The minimum Gasteiger partial charge on any atom is -0.393 e. The van der Waals surface area contributed by atoms with E-state index < -0.39 is 41.7 Å². The van der Waals surface area contributed by atoms with Crippen molar-refractivity contribution in [1.29, 1.82) is 0 Å². The van der Waals surface area contributed by atoms with E-state index in [1.807, 2.05) is 0 Å². The van der Waals surface area contributed by atoms with Crippen LogP contribution >= 0.6 is 0 Å². The van der Waals surface area contributed by atoms with E-state index in [0.717, 1.165) is 10.8 Å². The second kappa shape index (κ2) is 3.74. The molecule has 2 rings (SSSR count). The Kier molecular flexibility index (Phi) is 2.63. The molecule has 1 heterocycles. The first-order valence-electron chi connectivity index (χ1n) is 4.90. The maximum absolute atomic E-state index is 13.6. The Hall–Kier alpha value is -1.54. The van der Waals surface area contributed by atoms with E-state index in [4.69, 9.17) is 10.8 Å². The van der Waals surface area contributed by atoms with Crippen LogP contribution in [0.1, 0.15) is 12.5 Å². The van der Waals surface area contributed by atoms with Crippen LogP contribution in [0, 0.1) is 5.82 Å². The van der Waals surface area contributed by atoms with Gasteiger partial charge in [-0.2, -0.15) is 4.98 Å². The molecule has 0 aliphatic heterocycles. The van der Waals surface area contributed by atoms with Crippen molar-refractivity contribution in [3.63, 3.8) is 0 Å². The molecule has 1 aliphatic carbocycles. The number of hydrogen-bond acceptors (Lipinski definition) is 5. The first-order chi connectivity index (χ1) is 7.89. The normalized spacial score (nSPS) is 32.2. The molecule has 0 saturated heterocycles. The molecule has 1 aromatic rings. The van der Waals surface area contributed by atoms with Crippen molar-refractivity contribution in [2.45, 2.75) is 24.2 Å². The first kappa shape index (κ1) is 11.9. The van der Waals surface area contributed by atoms with Crippen LogP contribution in [0.15, 0.2) is 11.0 Å². The van der Waals surface area contributed by atoms with Crippen LogP contribution < -0.4 is 11.4 Å². The third-order valence-electron chi connectivity index (χ3n) is 2.98. The van der Waals surface area contributed by atoms with Crippen molar-refractivity contribution in [1.82, 2.24) is 9.55 Å². The van der Waals surface area contributed by atoms with Gasteiger partial charge in [-0.25, -0.2) is 13.6 Å². The molecule has 1 saturated carbocycles. The Morgan fingerprint density at radius 2 is 2.35 bits per heavy atom. The molecule has 0 aromatic carbocycles. The summed E-state index contributed by atoms with van der Waals surface area (Å²) in [5, 5.41) is 18.2. The van der Waals surface area contributed by atoms with Gasteiger partial charge in [0.05, 0.1) is 12.6 Å². The number of nitrogen functional groups attached to an aromatic ring is 1. The van der Waals surface area contributed by atoms with E-state index in [1.165, 1.54) is 0 Å². The van der Waals surface area contributed by atoms with Crippen molar-refractivity contribution in [3.8, 4) is 0 Å². The number of aliphatic hydroxyl groups is 2. The maximum Gasteiger partial charge on any atom is 0.350 e. The zero-order valence-corrected chi connectivity index (χ0v) is 8.68. The molecular formula is C9H11F2N3O3. The van der Waals surface area contributed by atoms with E-state index in [-0.39, 0.29) is 6.42 Å². The predicted octanol–water partition coefficient (Wildman–Crippen LogP) is -1.03. The van der Waals surface area contributed by atoms with Gasteiger partial charge < -0.3 is 15.9 Å². The van der Waals surface area contributed by atoms with Crippen LogP contribution in [0.4, 0.5) is 14.6 Å². The van der Waals surface area contributed by atoms with Crippen molar-refractivity contribution < 1.29 is 19.0 Å². The molecule has 0 radical (unpaired) electrons. The molecule has 0 unspecified atom stereocenters. The molecular weight excluding hydrogens is 236 g/mol. The summed E-state index contributed by atoms with van der Waals surface area (Å²) >= 11 is 0. The lowest BCUT2D eigenvalue weighted by atomic mass is 9.74. The third kappa shape index (κ3) is 1.69. The van der Waals surface area contributed by atoms with Gasteiger partial charge >= 0.3 is 5.69 Å². The average molecular weight is 247 g/mol. The molecule has 6 nitrogen and oxygen atoms in total. The fourth-order valence-corrected chi connectivity index (χ4v) is 1.86. The summed E-state index contributed by atoms with van der Waals surface area (Å²) in [5.74, 6) is -1.49. The van der Waals surface area contributed by atoms with Crippen LogP contribution in [-0.4, -0.2) is 38.1 Å². The smallest absolute Gasteiger partial charge is 0.350 e. The number of nitrogens with zero attached hydrogens (tertiary/aromatic N) is 2. The lowest BCUT2D eigenvalue weighted by Crippen LogP contribution is -2.60. The van der Waals surface area contributed by atoms with Gasteiger partial charge in [-0.1, -0.05) is 0 Å². The zero-order valence-electron chi connectivity index (χ0n) is 8.68. The fourth-order valence-electron chi connectivity index (χ4n) is 1.86. The summed E-state index contributed by atoms with van der Waals surface area (Å²) in [4.78, 5) is 14.5. The second-order valence-electron chi connectivity index (χ2n) is 4.10. The summed E-state index contributed by atoms with van der Waals surface area (Å²) in [5.41, 5.74) is 2.32. The van der Waals surface area contributed by atoms with Crippen molar-refractivity contribution in [3.05, 3.63) is 22.5 Å². The van der Waals surface area contributed by atoms with Gasteiger partial charge in [0.2, 0.25) is 0 Å². The predicted molar refractivity (Wildman–Crippen MR) is 53.5 cm³/mol. The molecule has 94 valence electrons. The number of aliphatic hydroxyl groups excluding tert-OH is 1. The van der Waals surface area contributed by atoms with E-state index in [2.05, 4.69) is 4.98 Å². The van der Waals surface area contributed by atoms with E-state index in [1.54, 1.807) is 0 Å². The number of aromatic nitrogens is 2. The lowest BCUT2D eigenvalue weighted by molar-refractivity contribution is -0.166. The van der Waals surface area contributed by atoms with Crippen LogP contribution in [0.5, 0.6) is 0 Å². The summed E-state index contributed by atoms with van der Waals surface area (Å²) in [6.45, 7) is -0.760. The molecule has 0 spiro atoms. The molecule has 0 bridgehead atoms. The van der Waals surface area contributed by atoms with Crippen LogP contribution in [0.3, 0.4) is 0 Å². The van der Waals surface area contributed by atoms with Crippen molar-refractivity contribution >= 4 is 5.82 Å². The third-order valence-corrected chi connectivity index (χ3v) is 2.98. The minimum atomic E-state index is -1.87. The van der Waals surface area contributed by atoms with Gasteiger partial charge in [-0.05, 0) is 0 Å². The zero-order chi connectivity index (χ0) is 12.8. The van der Waals surface area contributed by atoms with E-state index >= 15 is 0 Å². The topological polar surface area (TPSA) is 101 Å². The quantitative estimate of drug-likeness (QED) is 0.620. The summed E-state index contributed by atoms with van der Waals surface area (Å²) in [6.07, 6.45) is -1.29. The monoisotopic (exact) mass is 247 g/mol. The molecule has 1 fully saturated rings. The van der Waals surface area contributed by atoms with Gasteiger partial charge in [-0.15, -0.1) is 0 Å². The van der Waals surface area contributed by atoms with Crippen LogP contribution in [0.2, 0.25) is 0 Å². The highest BCUT2D eigenvalue weighted by Gasteiger charge is 2.55. The molecule has 0 amide bonds. The van der Waals surface area contributed by atoms with Crippen molar-refractivity contribution in [2.75, 3.05) is 12.3 Å². The number of rotatable bonds is 2. The lowest BCUT2D eigenvalue weighted by Gasteiger charge is -2.46. The number of nitrogens with two attached hydrogens (primary N) is 1. The number of hydrogen-bond donors (Lipinski definition) is 3. The number of alkyl halides is 1. The Balaban J connectivity index is 2.33. The summed E-state index contributed by atoms with van der Waals surface area (Å²) < 4.78 is 27.4. The fraction of sp³-hybridized carbons (Fsp3) is 0.556. The van der Waals surface area contributed by atoms with E-state index in [9.17, 15) is 18.7 Å². The summed E-state index contributed by atoms with van der Waals surface area (Å²) in [7, 11) is 0. The van der Waals surface area contributed by atoms with Gasteiger partial charge in [0.15, 0.2) is 17.8 Å². The molecule has 8 heteroatoms. The highest BCUT2D eigenvalue weighted by atomic mass is 19.1. The largest absolute Gasteiger partial charge is 0.393 e. The average Bonchev–Trinajstić information content (AvgIpc) is 2.30. The first-order valence-corrected chi connectivity index (χ1v) is 4.90. The van der Waals surface area contributed by atoms with Gasteiger partial charge in [0.25, 0.3) is 0 Å². The number of halogens is 2. The highest BCUT2D eigenvalue weighted by Crippen LogP contribution is 2.43. The molecule has 1 aromatic heterocycles. The van der Waals surface area contributed by atoms with E-state index in [0.29, 0.717) is 0 Å². The second-order valence-corrected chi connectivity index (χ2v) is 4.10. The molecule has 4 N–H and O–H groups in total. The standard InChI is InChI=1S/C9H11F2N3O3/c10-4-2-14(8(16)13-7(4)12)5-1-9(17,3-15)6(5)11/h2,5-6,15,17H,1,3H2,(H2,12,13,16)/t5-,6-,9+/m1/s1.